The van der Waals surface area contributed by atoms with Crippen molar-refractivity contribution in [3.8, 4) is 22.4 Å². The second kappa shape index (κ2) is 9.17. The Bertz CT molecular complexity index is 1110. The zero-order valence-electron chi connectivity index (χ0n) is 18.8. The first-order chi connectivity index (χ1) is 15.4. The Morgan fingerprint density at radius 1 is 1.34 bits per heavy atom. The van der Waals surface area contributed by atoms with Crippen molar-refractivity contribution in [3.63, 3.8) is 0 Å². The predicted octanol–water partition coefficient (Wildman–Crippen LogP) is 5.10. The molecule has 1 saturated carbocycles. The maximum Gasteiger partial charge on any atom is 0.317 e. The average Bonchev–Trinajstić information content (AvgIpc) is 3.41. The van der Waals surface area contributed by atoms with E-state index < -0.39 is 0 Å². The number of hydrogen-bond acceptors (Lipinski definition) is 5. The first-order valence-corrected chi connectivity index (χ1v) is 11.7. The van der Waals surface area contributed by atoms with Gasteiger partial charge >= 0.3 is 6.03 Å². The number of fused-ring (bicyclic) bond motifs is 1. The van der Waals surface area contributed by atoms with Crippen molar-refractivity contribution in [1.29, 1.82) is 5.26 Å². The zero-order valence-corrected chi connectivity index (χ0v) is 19.6. The lowest BCUT2D eigenvalue weighted by Crippen LogP contribution is -2.41. The van der Waals surface area contributed by atoms with E-state index in [0.717, 1.165) is 23.4 Å². The van der Waals surface area contributed by atoms with Gasteiger partial charge in [-0.2, -0.15) is 5.26 Å². The standard InChI is InChI=1S/C25H28N4O2S/c1-15(2)31-22-11-8-16(12-17(22)13-26)24-27-14-23(32-24)20-7-5-6-19-18(20)9-10-21(19)28-25(30)29(3)4/h5-8,11-12,14-15,18,20-21H,9-10H2,1-4H3,(H,28,30)/t18?,20?,21-/m0/s1. The van der Waals surface area contributed by atoms with E-state index in [1.165, 1.54) is 10.5 Å². The summed E-state index contributed by atoms with van der Waals surface area (Å²) in [6, 6.07) is 7.93. The minimum Gasteiger partial charge on any atom is -0.490 e. The van der Waals surface area contributed by atoms with Crippen molar-refractivity contribution in [2.45, 2.75) is 44.8 Å². The molecule has 1 fully saturated rings. The van der Waals surface area contributed by atoms with Gasteiger partial charge in [-0.1, -0.05) is 18.2 Å². The summed E-state index contributed by atoms with van der Waals surface area (Å²) in [5, 5.41) is 13.6. The third-order valence-corrected chi connectivity index (χ3v) is 7.05. The number of urea groups is 1. The Kier molecular flexibility index (Phi) is 6.33. The maximum absolute atomic E-state index is 12.2. The molecule has 1 heterocycles. The van der Waals surface area contributed by atoms with Gasteiger partial charge in [0.2, 0.25) is 0 Å². The summed E-state index contributed by atoms with van der Waals surface area (Å²) in [4.78, 5) is 19.6. The summed E-state index contributed by atoms with van der Waals surface area (Å²) in [7, 11) is 3.52. The number of hydrogen-bond donors (Lipinski definition) is 1. The molecule has 0 spiro atoms. The van der Waals surface area contributed by atoms with Gasteiger partial charge in [-0.3, -0.25) is 0 Å². The minimum atomic E-state index is -0.0547. The van der Waals surface area contributed by atoms with Crippen molar-refractivity contribution in [1.82, 2.24) is 15.2 Å². The second-order valence-electron chi connectivity index (χ2n) is 8.71. The molecule has 1 N–H and O–H groups in total. The number of thiazole rings is 1. The van der Waals surface area contributed by atoms with Crippen LogP contribution in [-0.4, -0.2) is 42.2 Å². The van der Waals surface area contributed by atoms with Crippen LogP contribution >= 0.6 is 11.3 Å². The van der Waals surface area contributed by atoms with Crippen molar-refractivity contribution < 1.29 is 9.53 Å². The van der Waals surface area contributed by atoms with Crippen molar-refractivity contribution >= 4 is 17.4 Å². The molecule has 2 aliphatic carbocycles. The third kappa shape index (κ3) is 4.42. The normalized spacial score (nSPS) is 21.6. The summed E-state index contributed by atoms with van der Waals surface area (Å²) in [6.07, 6.45) is 10.4. The van der Waals surface area contributed by atoms with Gasteiger partial charge in [0.1, 0.15) is 16.8 Å². The molecule has 0 saturated heterocycles. The van der Waals surface area contributed by atoms with Crippen LogP contribution < -0.4 is 10.1 Å². The van der Waals surface area contributed by atoms with Crippen LogP contribution in [0.3, 0.4) is 0 Å². The number of amides is 2. The molecule has 2 amide bonds. The lowest BCUT2D eigenvalue weighted by Gasteiger charge is -2.26. The second-order valence-corrected chi connectivity index (χ2v) is 9.78. The number of nitrogens with one attached hydrogen (secondary N) is 1. The largest absolute Gasteiger partial charge is 0.490 e. The van der Waals surface area contributed by atoms with Crippen LogP contribution in [0, 0.1) is 17.2 Å². The smallest absolute Gasteiger partial charge is 0.317 e. The zero-order chi connectivity index (χ0) is 22.8. The van der Waals surface area contributed by atoms with Crippen LogP contribution in [0.2, 0.25) is 0 Å². The lowest BCUT2D eigenvalue weighted by atomic mass is 9.83. The Morgan fingerprint density at radius 3 is 2.88 bits per heavy atom. The number of nitriles is 1. The summed E-state index contributed by atoms with van der Waals surface area (Å²) in [5.41, 5.74) is 2.74. The highest BCUT2D eigenvalue weighted by atomic mass is 32.1. The molecule has 7 heteroatoms. The first kappa shape index (κ1) is 22.1. The minimum absolute atomic E-state index is 0.0116. The molecular weight excluding hydrogens is 420 g/mol. The van der Waals surface area contributed by atoms with Crippen LogP contribution in [0.4, 0.5) is 4.79 Å². The van der Waals surface area contributed by atoms with Gasteiger partial charge in [-0.15, -0.1) is 11.3 Å². The molecule has 32 heavy (non-hydrogen) atoms. The van der Waals surface area contributed by atoms with Crippen molar-refractivity contribution in [2.75, 3.05) is 14.1 Å². The number of rotatable bonds is 5. The van der Waals surface area contributed by atoms with E-state index in [1.54, 1.807) is 30.3 Å². The Balaban J connectivity index is 1.54. The van der Waals surface area contributed by atoms with Crippen LogP contribution in [0.25, 0.3) is 10.6 Å². The van der Waals surface area contributed by atoms with E-state index in [2.05, 4.69) is 34.6 Å². The van der Waals surface area contributed by atoms with E-state index in [-0.39, 0.29) is 24.1 Å². The Labute approximate surface area is 193 Å². The Morgan fingerprint density at radius 2 is 2.16 bits per heavy atom. The monoisotopic (exact) mass is 448 g/mol. The molecule has 1 aromatic carbocycles. The van der Waals surface area contributed by atoms with Crippen LogP contribution in [0.15, 0.2) is 48.2 Å². The average molecular weight is 449 g/mol. The van der Waals surface area contributed by atoms with Gasteiger partial charge in [0, 0.05) is 36.7 Å². The number of nitrogens with zero attached hydrogens (tertiary/aromatic N) is 3. The summed E-state index contributed by atoms with van der Waals surface area (Å²) in [5.74, 6) is 1.23. The number of ether oxygens (including phenoxy) is 1. The van der Waals surface area contributed by atoms with Gasteiger partial charge in [0.25, 0.3) is 0 Å². The quantitative estimate of drug-likeness (QED) is 0.690. The van der Waals surface area contributed by atoms with E-state index in [1.807, 2.05) is 38.2 Å². The molecule has 0 bridgehead atoms. The summed E-state index contributed by atoms with van der Waals surface area (Å²) in [6.45, 7) is 3.89. The summed E-state index contributed by atoms with van der Waals surface area (Å²) < 4.78 is 5.74. The van der Waals surface area contributed by atoms with Gasteiger partial charge in [-0.05, 0) is 56.4 Å². The van der Waals surface area contributed by atoms with Crippen molar-refractivity contribution in [2.24, 2.45) is 5.92 Å². The molecule has 166 valence electrons. The van der Waals surface area contributed by atoms with Crippen LogP contribution in [0.1, 0.15) is 43.0 Å². The fraction of sp³-hybridized carbons (Fsp3) is 0.400. The molecule has 3 atom stereocenters. The topological polar surface area (TPSA) is 78.2 Å². The molecular formula is C25H28N4O2S. The van der Waals surface area contributed by atoms with Gasteiger partial charge in [0.05, 0.1) is 17.7 Å². The molecule has 0 aliphatic heterocycles. The van der Waals surface area contributed by atoms with Gasteiger partial charge in [-0.25, -0.2) is 9.78 Å². The number of carbonyl (C=O) groups is 1. The summed E-state index contributed by atoms with van der Waals surface area (Å²) >= 11 is 1.67. The number of aromatic nitrogens is 1. The highest BCUT2D eigenvalue weighted by Crippen LogP contribution is 2.46. The fourth-order valence-corrected chi connectivity index (χ4v) is 5.45. The maximum atomic E-state index is 12.2. The van der Waals surface area contributed by atoms with Gasteiger partial charge in [0.15, 0.2) is 0 Å². The number of benzene rings is 1. The molecule has 6 nitrogen and oxygen atoms in total. The van der Waals surface area contributed by atoms with Gasteiger partial charge < -0.3 is 15.0 Å². The molecule has 4 rings (SSSR count). The molecule has 2 aromatic rings. The molecule has 0 radical (unpaired) electrons. The van der Waals surface area contributed by atoms with E-state index in [9.17, 15) is 10.1 Å². The first-order valence-electron chi connectivity index (χ1n) is 10.9. The van der Waals surface area contributed by atoms with Crippen LogP contribution in [-0.2, 0) is 0 Å². The molecule has 1 aromatic heterocycles. The number of carbonyl (C=O) groups excluding carboxylic acids is 1. The van der Waals surface area contributed by atoms with E-state index in [4.69, 9.17) is 4.74 Å². The predicted molar refractivity (Wildman–Crippen MR) is 127 cm³/mol. The third-order valence-electron chi connectivity index (χ3n) is 5.90. The van der Waals surface area contributed by atoms with E-state index >= 15 is 0 Å². The fourth-order valence-electron chi connectivity index (χ4n) is 4.39. The van der Waals surface area contributed by atoms with Crippen molar-refractivity contribution in [3.05, 3.63) is 58.6 Å². The van der Waals surface area contributed by atoms with E-state index in [0.29, 0.717) is 17.2 Å². The number of allylic oxidation sites excluding steroid dienone is 3. The highest BCUT2D eigenvalue weighted by Gasteiger charge is 2.38. The SMILES string of the molecule is CC(C)Oc1ccc(-c2ncc(C3C=CC=C4C3CC[C@@H]4NC(=O)N(C)C)s2)cc1C#N. The Hall–Kier alpha value is -3.11. The molecule has 2 aliphatic rings. The lowest BCUT2D eigenvalue weighted by molar-refractivity contribution is 0.215. The highest BCUT2D eigenvalue weighted by molar-refractivity contribution is 7.15. The van der Waals surface area contributed by atoms with Crippen LogP contribution in [0.5, 0.6) is 5.75 Å². The molecule has 2 unspecified atom stereocenters.